The van der Waals surface area contributed by atoms with Crippen LogP contribution in [0.4, 0.5) is 0 Å². The monoisotopic (exact) mass is 299 g/mol. The number of aromatic nitrogens is 3. The number of halogens is 1. The van der Waals surface area contributed by atoms with Gasteiger partial charge in [-0.2, -0.15) is 5.10 Å². The molecule has 0 unspecified atom stereocenters. The predicted octanol–water partition coefficient (Wildman–Crippen LogP) is 3.73. The van der Waals surface area contributed by atoms with Gasteiger partial charge in [-0.1, -0.05) is 18.5 Å². The minimum atomic E-state index is 0.402. The van der Waals surface area contributed by atoms with Gasteiger partial charge >= 0.3 is 0 Å². The van der Waals surface area contributed by atoms with Crippen molar-refractivity contribution in [2.75, 3.05) is 0 Å². The van der Waals surface area contributed by atoms with E-state index in [0.29, 0.717) is 16.4 Å². The fraction of sp³-hybridized carbons (Fsp3) is 0.188. The van der Waals surface area contributed by atoms with Gasteiger partial charge in [0.25, 0.3) is 0 Å². The van der Waals surface area contributed by atoms with Crippen LogP contribution in [-0.4, -0.2) is 20.9 Å². The summed E-state index contributed by atoms with van der Waals surface area (Å²) in [5.74, 6) is 0. The Labute approximate surface area is 127 Å². The van der Waals surface area contributed by atoms with E-state index in [1.165, 1.54) is 0 Å². The van der Waals surface area contributed by atoms with Crippen molar-refractivity contribution < 1.29 is 4.79 Å². The van der Waals surface area contributed by atoms with Gasteiger partial charge in [0.05, 0.1) is 11.2 Å². The Kier molecular flexibility index (Phi) is 3.47. The summed E-state index contributed by atoms with van der Waals surface area (Å²) in [4.78, 5) is 15.5. The first-order valence-corrected chi connectivity index (χ1v) is 7.11. The summed E-state index contributed by atoms with van der Waals surface area (Å²) in [6.07, 6.45) is 3.37. The van der Waals surface area contributed by atoms with Crippen LogP contribution in [0.3, 0.4) is 0 Å². The van der Waals surface area contributed by atoms with Crippen LogP contribution in [0, 0.1) is 6.92 Å². The molecule has 4 nitrogen and oxygen atoms in total. The Morgan fingerprint density at radius 2 is 2.14 bits per heavy atom. The second-order valence-electron chi connectivity index (χ2n) is 4.83. The number of rotatable bonds is 3. The third kappa shape index (κ3) is 2.21. The summed E-state index contributed by atoms with van der Waals surface area (Å²) in [7, 11) is 0. The third-order valence-electron chi connectivity index (χ3n) is 3.59. The van der Waals surface area contributed by atoms with E-state index >= 15 is 0 Å². The van der Waals surface area contributed by atoms with Crippen LogP contribution in [0.2, 0.25) is 5.15 Å². The van der Waals surface area contributed by atoms with Gasteiger partial charge in [-0.3, -0.25) is 4.79 Å². The van der Waals surface area contributed by atoms with E-state index < -0.39 is 0 Å². The highest BCUT2D eigenvalue weighted by Gasteiger charge is 2.16. The first kappa shape index (κ1) is 13.8. The first-order chi connectivity index (χ1) is 10.2. The number of hydrogen-bond acceptors (Lipinski definition) is 3. The molecule has 3 heterocycles. The molecule has 3 rings (SSSR count). The van der Waals surface area contributed by atoms with Gasteiger partial charge in [0.2, 0.25) is 0 Å². The summed E-state index contributed by atoms with van der Waals surface area (Å²) in [5, 5.41) is 4.92. The molecule has 0 amide bonds. The van der Waals surface area contributed by atoms with Gasteiger partial charge in [-0.15, -0.1) is 0 Å². The molecule has 0 aromatic carbocycles. The smallest absolute Gasteiger partial charge is 0.152 e. The Morgan fingerprint density at radius 1 is 1.33 bits per heavy atom. The molecular weight excluding hydrogens is 286 g/mol. The molecule has 0 saturated carbocycles. The lowest BCUT2D eigenvalue weighted by molar-refractivity contribution is 0.112. The number of fused-ring (bicyclic) bond motifs is 1. The van der Waals surface area contributed by atoms with Crippen LogP contribution in [0.25, 0.3) is 16.6 Å². The highest BCUT2D eigenvalue weighted by atomic mass is 35.5. The predicted molar refractivity (Wildman–Crippen MR) is 82.9 cm³/mol. The van der Waals surface area contributed by atoms with E-state index in [-0.39, 0.29) is 0 Å². The van der Waals surface area contributed by atoms with Crippen LogP contribution < -0.4 is 0 Å². The van der Waals surface area contributed by atoms with Crippen LogP contribution >= 0.6 is 11.6 Å². The van der Waals surface area contributed by atoms with Crippen LogP contribution in [0.15, 0.2) is 30.5 Å². The van der Waals surface area contributed by atoms with Gasteiger partial charge in [0.15, 0.2) is 6.29 Å². The molecule has 0 saturated heterocycles. The molecule has 21 heavy (non-hydrogen) atoms. The number of carbonyl (C=O) groups is 1. The largest absolute Gasteiger partial charge is 0.298 e. The van der Waals surface area contributed by atoms with Crippen molar-refractivity contribution in [1.82, 2.24) is 14.6 Å². The van der Waals surface area contributed by atoms with E-state index in [4.69, 9.17) is 11.6 Å². The zero-order valence-electron chi connectivity index (χ0n) is 11.8. The lowest BCUT2D eigenvalue weighted by atomic mass is 10.0. The molecule has 106 valence electrons. The van der Waals surface area contributed by atoms with Crippen LogP contribution in [0.1, 0.15) is 28.7 Å². The summed E-state index contributed by atoms with van der Waals surface area (Å²) >= 11 is 5.99. The molecule has 0 radical (unpaired) electrons. The van der Waals surface area contributed by atoms with Crippen molar-refractivity contribution in [1.29, 1.82) is 0 Å². The molecule has 0 aliphatic carbocycles. The summed E-state index contributed by atoms with van der Waals surface area (Å²) in [5.41, 5.74) is 5.01. The van der Waals surface area contributed by atoms with Crippen molar-refractivity contribution in [3.63, 3.8) is 0 Å². The number of carbonyl (C=O) groups excluding carboxylic acids is 1. The Bertz CT molecular complexity index is 839. The molecule has 0 fully saturated rings. The number of aldehydes is 1. The molecule has 3 aromatic heterocycles. The second kappa shape index (κ2) is 5.30. The van der Waals surface area contributed by atoms with Crippen molar-refractivity contribution in [2.45, 2.75) is 20.3 Å². The minimum Gasteiger partial charge on any atom is -0.298 e. The van der Waals surface area contributed by atoms with Crippen LogP contribution in [-0.2, 0) is 6.42 Å². The van der Waals surface area contributed by atoms with Crippen molar-refractivity contribution >= 4 is 23.4 Å². The van der Waals surface area contributed by atoms with Crippen LogP contribution in [0.5, 0.6) is 0 Å². The topological polar surface area (TPSA) is 47.3 Å². The maximum absolute atomic E-state index is 11.5. The number of hydrogen-bond donors (Lipinski definition) is 0. The normalized spacial score (nSPS) is 11.0. The summed E-state index contributed by atoms with van der Waals surface area (Å²) in [6.45, 7) is 3.92. The van der Waals surface area contributed by atoms with Gasteiger partial charge in [-0.25, -0.2) is 9.50 Å². The van der Waals surface area contributed by atoms with E-state index in [2.05, 4.69) is 17.0 Å². The van der Waals surface area contributed by atoms with Crippen molar-refractivity contribution in [3.8, 4) is 11.1 Å². The molecule has 0 aliphatic rings. The third-order valence-corrected chi connectivity index (χ3v) is 3.80. The van der Waals surface area contributed by atoms with E-state index in [9.17, 15) is 4.79 Å². The SMILES string of the molecule is CCc1ccc2c(-c3ccnc(Cl)c3)c(C=O)c(C)nn12. The van der Waals surface area contributed by atoms with E-state index in [1.807, 2.05) is 29.6 Å². The highest BCUT2D eigenvalue weighted by Crippen LogP contribution is 2.31. The molecule has 0 N–H and O–H groups in total. The van der Waals surface area contributed by atoms with E-state index in [0.717, 1.165) is 35.0 Å². The Hall–Kier alpha value is -2.20. The van der Waals surface area contributed by atoms with Gasteiger partial charge in [-0.05, 0) is 43.2 Å². The molecule has 0 spiro atoms. The minimum absolute atomic E-state index is 0.402. The number of pyridine rings is 1. The zero-order chi connectivity index (χ0) is 15.0. The highest BCUT2D eigenvalue weighted by molar-refractivity contribution is 6.29. The molecule has 3 aromatic rings. The molecule has 5 heteroatoms. The molecular formula is C16H14ClN3O. The van der Waals surface area contributed by atoms with Crippen molar-refractivity contribution in [2.24, 2.45) is 0 Å². The lowest BCUT2D eigenvalue weighted by Crippen LogP contribution is -2.05. The molecule has 0 aliphatic heterocycles. The quantitative estimate of drug-likeness (QED) is 0.547. The fourth-order valence-corrected chi connectivity index (χ4v) is 2.75. The van der Waals surface area contributed by atoms with Gasteiger partial charge in [0.1, 0.15) is 5.15 Å². The number of aryl methyl sites for hydroxylation is 2. The van der Waals surface area contributed by atoms with E-state index in [1.54, 1.807) is 12.3 Å². The Balaban J connectivity index is 2.43. The fourth-order valence-electron chi connectivity index (χ4n) is 2.57. The summed E-state index contributed by atoms with van der Waals surface area (Å²) < 4.78 is 1.89. The second-order valence-corrected chi connectivity index (χ2v) is 5.22. The van der Waals surface area contributed by atoms with Gasteiger partial charge in [0, 0.05) is 23.0 Å². The molecule has 0 atom stereocenters. The zero-order valence-corrected chi connectivity index (χ0v) is 12.6. The lowest BCUT2D eigenvalue weighted by Gasteiger charge is -2.11. The standard InChI is InChI=1S/C16H14ClN3O/c1-3-12-4-5-14-16(11-6-7-18-15(17)8-11)13(9-21)10(2)19-20(12)14/h4-9H,3H2,1-2H3. The first-order valence-electron chi connectivity index (χ1n) is 6.74. The Morgan fingerprint density at radius 3 is 2.81 bits per heavy atom. The maximum atomic E-state index is 11.5. The number of nitrogens with zero attached hydrogens (tertiary/aromatic N) is 3. The summed E-state index contributed by atoms with van der Waals surface area (Å²) in [6, 6.07) is 7.64. The maximum Gasteiger partial charge on any atom is 0.152 e. The average molecular weight is 300 g/mol. The van der Waals surface area contributed by atoms with Gasteiger partial charge < -0.3 is 0 Å². The molecule has 0 bridgehead atoms. The van der Waals surface area contributed by atoms with Crippen molar-refractivity contribution in [3.05, 3.63) is 52.6 Å². The average Bonchev–Trinajstić information content (AvgIpc) is 2.88.